The Hall–Kier alpha value is -1.81. The molecule has 2 aromatic rings. The molecule has 152 valence electrons. The highest BCUT2D eigenvalue weighted by molar-refractivity contribution is 5.28. The lowest BCUT2D eigenvalue weighted by Gasteiger charge is -2.29. The van der Waals surface area contributed by atoms with E-state index in [-0.39, 0.29) is 24.1 Å². The van der Waals surface area contributed by atoms with Crippen LogP contribution in [0.15, 0.2) is 30.3 Å². The van der Waals surface area contributed by atoms with Crippen LogP contribution < -0.4 is 0 Å². The summed E-state index contributed by atoms with van der Waals surface area (Å²) in [6.07, 6.45) is 5.58. The largest absolute Gasteiger partial charge is 0.373 e. The molecule has 0 atom stereocenters. The summed E-state index contributed by atoms with van der Waals surface area (Å²) in [6, 6.07) is 8.87. The Morgan fingerprint density at radius 3 is 2.14 bits per heavy atom. The van der Waals surface area contributed by atoms with E-state index in [4.69, 9.17) is 4.74 Å². The molecule has 0 unspecified atom stereocenters. The van der Waals surface area contributed by atoms with Gasteiger partial charge in [-0.3, -0.25) is 0 Å². The van der Waals surface area contributed by atoms with Crippen molar-refractivity contribution in [3.8, 4) is 0 Å². The van der Waals surface area contributed by atoms with Gasteiger partial charge in [0, 0.05) is 5.56 Å². The molecule has 1 nitrogen and oxygen atoms in total. The van der Waals surface area contributed by atoms with Gasteiger partial charge in [-0.2, -0.15) is 0 Å². The minimum atomic E-state index is -0.786. The maximum absolute atomic E-state index is 14.2. The molecule has 0 heterocycles. The number of halogens is 3. The van der Waals surface area contributed by atoms with E-state index in [0.717, 1.165) is 43.2 Å². The number of rotatable bonds is 7. The highest BCUT2D eigenvalue weighted by Crippen LogP contribution is 2.35. The Balaban J connectivity index is 1.54. The number of ether oxygens (including phenoxy) is 1. The lowest BCUT2D eigenvalue weighted by Crippen LogP contribution is -2.21. The van der Waals surface area contributed by atoms with Gasteiger partial charge in [-0.05, 0) is 67.2 Å². The Bertz CT molecular complexity index is 795. The molecule has 1 saturated carbocycles. The van der Waals surface area contributed by atoms with Crippen LogP contribution in [0, 0.1) is 17.5 Å². The highest BCUT2D eigenvalue weighted by Gasteiger charge is 2.24. The summed E-state index contributed by atoms with van der Waals surface area (Å²) in [5.41, 5.74) is 2.50. The molecule has 2 aromatic carbocycles. The molecule has 1 aliphatic carbocycles. The second-order valence-electron chi connectivity index (χ2n) is 7.75. The molecule has 0 amide bonds. The molecule has 1 aliphatic rings. The maximum Gasteiger partial charge on any atom is 0.164 e. The van der Waals surface area contributed by atoms with Gasteiger partial charge in [-0.1, -0.05) is 44.5 Å². The van der Waals surface area contributed by atoms with Crippen LogP contribution in [0.2, 0.25) is 0 Å². The Morgan fingerprint density at radius 1 is 0.857 bits per heavy atom. The fraction of sp³-hybridized carbons (Fsp3) is 0.500. The normalized spacial score (nSPS) is 19.8. The van der Waals surface area contributed by atoms with Gasteiger partial charge in [0.15, 0.2) is 11.6 Å². The molecule has 0 radical (unpaired) electrons. The average molecular weight is 390 g/mol. The second kappa shape index (κ2) is 9.60. The van der Waals surface area contributed by atoms with Crippen LogP contribution in [0.4, 0.5) is 13.2 Å². The third kappa shape index (κ3) is 4.78. The van der Waals surface area contributed by atoms with Crippen molar-refractivity contribution >= 4 is 0 Å². The van der Waals surface area contributed by atoms with E-state index in [2.05, 4.69) is 0 Å². The van der Waals surface area contributed by atoms with Crippen LogP contribution in [0.25, 0.3) is 0 Å². The number of aryl methyl sites for hydroxylation is 2. The molecule has 0 saturated heterocycles. The minimum absolute atomic E-state index is 0.0359. The highest BCUT2D eigenvalue weighted by atomic mass is 19.2. The van der Waals surface area contributed by atoms with E-state index in [1.54, 1.807) is 18.2 Å². The topological polar surface area (TPSA) is 9.23 Å². The van der Waals surface area contributed by atoms with Gasteiger partial charge in [0.1, 0.15) is 5.82 Å². The molecule has 0 spiro atoms. The summed E-state index contributed by atoms with van der Waals surface area (Å²) in [5.74, 6) is -1.32. The molecule has 28 heavy (non-hydrogen) atoms. The van der Waals surface area contributed by atoms with Gasteiger partial charge in [0.05, 0.1) is 12.7 Å². The fourth-order valence-corrected chi connectivity index (χ4v) is 4.08. The van der Waals surface area contributed by atoms with E-state index < -0.39 is 11.6 Å². The molecule has 0 aliphatic heterocycles. The summed E-state index contributed by atoms with van der Waals surface area (Å²) in [4.78, 5) is 0. The third-order valence-electron chi connectivity index (χ3n) is 5.84. The van der Waals surface area contributed by atoms with E-state index in [1.807, 2.05) is 26.0 Å². The molecule has 4 heteroatoms. The van der Waals surface area contributed by atoms with Gasteiger partial charge in [0.2, 0.25) is 0 Å². The van der Waals surface area contributed by atoms with E-state index in [9.17, 15) is 13.2 Å². The van der Waals surface area contributed by atoms with Crippen molar-refractivity contribution in [1.82, 2.24) is 0 Å². The zero-order valence-electron chi connectivity index (χ0n) is 16.7. The standard InChI is InChI=1S/C24H29F3O/c1-3-5-18-7-9-20(24(27)23(18)26)15-28-21-12-10-17(11-13-21)19-8-6-16(4-2)22(25)14-19/h6-9,14,17,21H,3-5,10-13,15H2,1-2H3. The molecule has 0 bridgehead atoms. The summed E-state index contributed by atoms with van der Waals surface area (Å²) in [6.45, 7) is 3.98. The number of hydrogen-bond donors (Lipinski definition) is 0. The summed E-state index contributed by atoms with van der Waals surface area (Å²) in [7, 11) is 0. The monoisotopic (exact) mass is 390 g/mol. The van der Waals surface area contributed by atoms with Gasteiger partial charge >= 0.3 is 0 Å². The molecule has 0 aromatic heterocycles. The van der Waals surface area contributed by atoms with Crippen molar-refractivity contribution < 1.29 is 17.9 Å². The third-order valence-corrected chi connectivity index (χ3v) is 5.84. The number of benzene rings is 2. The van der Waals surface area contributed by atoms with Crippen molar-refractivity contribution in [2.45, 2.75) is 77.4 Å². The average Bonchev–Trinajstić information content (AvgIpc) is 2.71. The van der Waals surface area contributed by atoms with Gasteiger partial charge < -0.3 is 4.74 Å². The van der Waals surface area contributed by atoms with Crippen molar-refractivity contribution in [2.75, 3.05) is 0 Å². The van der Waals surface area contributed by atoms with E-state index >= 15 is 0 Å². The minimum Gasteiger partial charge on any atom is -0.373 e. The molecular formula is C24H29F3O. The van der Waals surface area contributed by atoms with Crippen molar-refractivity contribution in [1.29, 1.82) is 0 Å². The van der Waals surface area contributed by atoms with Crippen LogP contribution in [0.5, 0.6) is 0 Å². The van der Waals surface area contributed by atoms with Crippen LogP contribution in [-0.4, -0.2) is 6.10 Å². The summed E-state index contributed by atoms with van der Waals surface area (Å²) >= 11 is 0. The Morgan fingerprint density at radius 2 is 1.50 bits per heavy atom. The zero-order chi connectivity index (χ0) is 20.1. The van der Waals surface area contributed by atoms with Crippen LogP contribution in [0.3, 0.4) is 0 Å². The first-order valence-electron chi connectivity index (χ1n) is 10.4. The Kier molecular flexibility index (Phi) is 7.17. The lowest BCUT2D eigenvalue weighted by atomic mass is 9.82. The fourth-order valence-electron chi connectivity index (χ4n) is 4.08. The van der Waals surface area contributed by atoms with Crippen molar-refractivity contribution in [3.63, 3.8) is 0 Å². The second-order valence-corrected chi connectivity index (χ2v) is 7.75. The Labute approximate surface area is 165 Å². The van der Waals surface area contributed by atoms with Crippen LogP contribution in [0.1, 0.15) is 74.1 Å². The van der Waals surface area contributed by atoms with Gasteiger partial charge in [0.25, 0.3) is 0 Å². The molecule has 3 rings (SSSR count). The summed E-state index contributed by atoms with van der Waals surface area (Å²) < 4.78 is 48.2. The predicted molar refractivity (Wildman–Crippen MR) is 106 cm³/mol. The quantitative estimate of drug-likeness (QED) is 0.502. The smallest absolute Gasteiger partial charge is 0.164 e. The van der Waals surface area contributed by atoms with E-state index in [0.29, 0.717) is 24.3 Å². The first-order valence-corrected chi connectivity index (χ1v) is 10.4. The van der Waals surface area contributed by atoms with Gasteiger partial charge in [-0.25, -0.2) is 13.2 Å². The van der Waals surface area contributed by atoms with Crippen LogP contribution in [-0.2, 0) is 24.2 Å². The SMILES string of the molecule is CCCc1ccc(COC2CCC(c3ccc(CC)c(F)c3)CC2)c(F)c1F. The summed E-state index contributed by atoms with van der Waals surface area (Å²) in [5, 5.41) is 0. The van der Waals surface area contributed by atoms with E-state index in [1.165, 1.54) is 0 Å². The molecule has 0 N–H and O–H groups in total. The van der Waals surface area contributed by atoms with Gasteiger partial charge in [-0.15, -0.1) is 0 Å². The predicted octanol–water partition coefficient (Wildman–Crippen LogP) is 6.86. The number of hydrogen-bond acceptors (Lipinski definition) is 1. The van der Waals surface area contributed by atoms with Crippen LogP contribution >= 0.6 is 0 Å². The first-order chi connectivity index (χ1) is 13.5. The zero-order valence-corrected chi connectivity index (χ0v) is 16.7. The molecule has 1 fully saturated rings. The lowest BCUT2D eigenvalue weighted by molar-refractivity contribution is 0.0118. The van der Waals surface area contributed by atoms with Crippen molar-refractivity contribution in [2.24, 2.45) is 0 Å². The maximum atomic E-state index is 14.2. The first kappa shape index (κ1) is 20.9. The molecular weight excluding hydrogens is 361 g/mol. The van der Waals surface area contributed by atoms with Crippen molar-refractivity contribution in [3.05, 3.63) is 70.0 Å².